The van der Waals surface area contributed by atoms with E-state index in [0.29, 0.717) is 11.5 Å². The van der Waals surface area contributed by atoms with E-state index in [0.717, 1.165) is 18.2 Å². The number of hydrogen-bond acceptors (Lipinski definition) is 6. The summed E-state index contributed by atoms with van der Waals surface area (Å²) in [6, 6.07) is 4.83. The Morgan fingerprint density at radius 2 is 2.26 bits per heavy atom. The van der Waals surface area contributed by atoms with Crippen LogP contribution in [0.5, 0.6) is 5.75 Å². The van der Waals surface area contributed by atoms with Gasteiger partial charge < -0.3 is 14.9 Å². The van der Waals surface area contributed by atoms with E-state index in [4.69, 9.17) is 9.84 Å². The highest BCUT2D eigenvalue weighted by Gasteiger charge is 2.21. The summed E-state index contributed by atoms with van der Waals surface area (Å²) >= 11 is 1.12. The van der Waals surface area contributed by atoms with Gasteiger partial charge >= 0.3 is 5.69 Å². The molecule has 0 amide bonds. The lowest BCUT2D eigenvalue weighted by Crippen LogP contribution is -2.14. The van der Waals surface area contributed by atoms with Crippen molar-refractivity contribution in [3.8, 4) is 5.75 Å². The van der Waals surface area contributed by atoms with Crippen molar-refractivity contribution >= 4 is 17.4 Å². The summed E-state index contributed by atoms with van der Waals surface area (Å²) in [5.74, 6) is 0.421. The molecule has 0 aliphatic heterocycles. The third kappa shape index (κ3) is 4.70. The molecule has 19 heavy (non-hydrogen) atoms. The maximum absolute atomic E-state index is 11.1. The van der Waals surface area contributed by atoms with E-state index in [2.05, 4.69) is 0 Å². The molecule has 1 rings (SSSR count). The van der Waals surface area contributed by atoms with Crippen molar-refractivity contribution in [3.63, 3.8) is 0 Å². The second-order valence-corrected chi connectivity index (χ2v) is 4.92. The molecule has 6 nitrogen and oxygen atoms in total. The number of thioether (sulfide) groups is 1. The van der Waals surface area contributed by atoms with Gasteiger partial charge in [-0.3, -0.25) is 10.1 Å². The molecule has 0 heterocycles. The van der Waals surface area contributed by atoms with Gasteiger partial charge in [0.25, 0.3) is 0 Å². The zero-order chi connectivity index (χ0) is 14.3. The number of aliphatic hydroxyl groups excluding tert-OH is 2. The molecule has 0 saturated heterocycles. The molecule has 0 aliphatic rings. The third-order valence-electron chi connectivity index (χ3n) is 2.25. The zero-order valence-corrected chi connectivity index (χ0v) is 11.4. The largest absolute Gasteiger partial charge is 0.487 e. The van der Waals surface area contributed by atoms with Crippen LogP contribution in [-0.2, 0) is 0 Å². The van der Waals surface area contributed by atoms with Gasteiger partial charge in [-0.15, -0.1) is 11.8 Å². The van der Waals surface area contributed by atoms with E-state index in [1.165, 1.54) is 0 Å². The number of aliphatic hydroxyl groups is 2. The molecule has 106 valence electrons. The third-order valence-corrected chi connectivity index (χ3v) is 3.44. The summed E-state index contributed by atoms with van der Waals surface area (Å²) in [5.41, 5.74) is -0.0916. The summed E-state index contributed by atoms with van der Waals surface area (Å²) in [5, 5.41) is 29.1. The van der Waals surface area contributed by atoms with Gasteiger partial charge in [0.1, 0.15) is 0 Å². The fraction of sp³-hybridized carbons (Fsp3) is 0.500. The number of ether oxygens (including phenoxy) is 1. The summed E-state index contributed by atoms with van der Waals surface area (Å²) in [4.78, 5) is 11.1. The van der Waals surface area contributed by atoms with Crippen molar-refractivity contribution in [2.45, 2.75) is 24.3 Å². The monoisotopic (exact) mass is 287 g/mol. The number of para-hydroxylation sites is 1. The van der Waals surface area contributed by atoms with Gasteiger partial charge in [-0.1, -0.05) is 13.0 Å². The van der Waals surface area contributed by atoms with Crippen LogP contribution < -0.4 is 4.74 Å². The number of hydrogen-bond donors (Lipinski definition) is 2. The first-order chi connectivity index (χ1) is 9.10. The smallest absolute Gasteiger partial charge is 0.324 e. The summed E-state index contributed by atoms with van der Waals surface area (Å²) in [6.07, 6.45) is -0.137. The van der Waals surface area contributed by atoms with Crippen LogP contribution in [0.15, 0.2) is 23.1 Å². The van der Waals surface area contributed by atoms with Crippen LogP contribution in [0.25, 0.3) is 0 Å². The molecule has 0 saturated carbocycles. The van der Waals surface area contributed by atoms with Gasteiger partial charge in [0, 0.05) is 5.75 Å². The fourth-order valence-corrected chi connectivity index (χ4v) is 2.33. The van der Waals surface area contributed by atoms with Gasteiger partial charge in [0.05, 0.1) is 29.1 Å². The summed E-state index contributed by atoms with van der Waals surface area (Å²) in [6.45, 7) is 1.96. The minimum Gasteiger partial charge on any atom is -0.487 e. The predicted octanol–water partition coefficient (Wildman–Crippen LogP) is 1.83. The molecule has 0 aliphatic carbocycles. The maximum Gasteiger partial charge on any atom is 0.324 e. The van der Waals surface area contributed by atoms with E-state index in [9.17, 15) is 15.2 Å². The molecule has 0 fully saturated rings. The summed E-state index contributed by atoms with van der Waals surface area (Å²) < 4.78 is 5.35. The van der Waals surface area contributed by atoms with E-state index < -0.39 is 11.0 Å². The highest BCUT2D eigenvalue weighted by molar-refractivity contribution is 7.99. The fourth-order valence-electron chi connectivity index (χ4n) is 1.37. The van der Waals surface area contributed by atoms with E-state index in [1.807, 2.05) is 6.92 Å². The van der Waals surface area contributed by atoms with Crippen molar-refractivity contribution < 1.29 is 19.9 Å². The Morgan fingerprint density at radius 1 is 1.53 bits per heavy atom. The first kappa shape index (κ1) is 15.7. The van der Waals surface area contributed by atoms with Crippen LogP contribution in [0, 0.1) is 10.1 Å². The Labute approximate surface area is 115 Å². The molecular formula is C12H17NO5S. The first-order valence-electron chi connectivity index (χ1n) is 5.92. The molecular weight excluding hydrogens is 270 g/mol. The lowest BCUT2D eigenvalue weighted by Gasteiger charge is -2.10. The number of nitro groups is 1. The molecule has 0 bridgehead atoms. The number of benzene rings is 1. The minimum atomic E-state index is -0.898. The normalized spacial score (nSPS) is 12.2. The summed E-state index contributed by atoms with van der Waals surface area (Å²) in [7, 11) is 0. The number of nitro benzene ring substituents is 1. The first-order valence-corrected chi connectivity index (χ1v) is 6.90. The molecule has 1 aromatic rings. The van der Waals surface area contributed by atoms with E-state index in [1.54, 1.807) is 18.2 Å². The number of nitrogens with zero attached hydrogens (tertiary/aromatic N) is 1. The molecule has 0 spiro atoms. The molecule has 1 atom stereocenters. The molecule has 7 heteroatoms. The van der Waals surface area contributed by atoms with Crippen LogP contribution in [0.2, 0.25) is 0 Å². The van der Waals surface area contributed by atoms with Gasteiger partial charge in [0.15, 0.2) is 5.75 Å². The van der Waals surface area contributed by atoms with Crippen molar-refractivity contribution in [3.05, 3.63) is 28.3 Å². The van der Waals surface area contributed by atoms with Crippen molar-refractivity contribution in [1.82, 2.24) is 0 Å². The zero-order valence-electron chi connectivity index (χ0n) is 10.6. The van der Waals surface area contributed by atoms with Gasteiger partial charge in [-0.25, -0.2) is 0 Å². The highest BCUT2D eigenvalue weighted by atomic mass is 32.2. The minimum absolute atomic E-state index is 0.0916. The van der Waals surface area contributed by atoms with Crippen LogP contribution >= 0.6 is 11.8 Å². The van der Waals surface area contributed by atoms with Gasteiger partial charge in [-0.05, 0) is 18.6 Å². The quantitative estimate of drug-likeness (QED) is 0.430. The molecule has 1 unspecified atom stereocenters. The van der Waals surface area contributed by atoms with Crippen LogP contribution in [0.1, 0.15) is 13.3 Å². The Kier molecular flexibility index (Phi) is 6.61. The predicted molar refractivity (Wildman–Crippen MR) is 72.7 cm³/mol. The van der Waals surface area contributed by atoms with Gasteiger partial charge in [0.2, 0.25) is 0 Å². The van der Waals surface area contributed by atoms with Gasteiger partial charge in [-0.2, -0.15) is 0 Å². The van der Waals surface area contributed by atoms with E-state index in [-0.39, 0.29) is 23.8 Å². The average molecular weight is 287 g/mol. The Morgan fingerprint density at radius 3 is 2.84 bits per heavy atom. The van der Waals surface area contributed by atoms with Crippen molar-refractivity contribution in [1.29, 1.82) is 0 Å². The Bertz CT molecular complexity index is 427. The molecule has 0 radical (unpaired) electrons. The molecule has 2 N–H and O–H groups in total. The standard InChI is InChI=1S/C12H17NO5S/c1-2-6-18-10-4-3-5-11(12(10)13(16)17)19-8-9(15)7-14/h3-5,9,14-15H,2,6-8H2,1H3. The van der Waals surface area contributed by atoms with E-state index >= 15 is 0 Å². The molecule has 1 aromatic carbocycles. The lowest BCUT2D eigenvalue weighted by molar-refractivity contribution is -0.388. The maximum atomic E-state index is 11.1. The topological polar surface area (TPSA) is 92.8 Å². The second kappa shape index (κ2) is 7.98. The lowest BCUT2D eigenvalue weighted by atomic mass is 10.3. The SMILES string of the molecule is CCCOc1cccc(SCC(O)CO)c1[N+](=O)[O-]. The Balaban J connectivity index is 2.92. The average Bonchev–Trinajstić information content (AvgIpc) is 2.41. The van der Waals surface area contributed by atoms with Crippen LogP contribution in [-0.4, -0.2) is 40.2 Å². The molecule has 0 aromatic heterocycles. The van der Waals surface area contributed by atoms with Crippen LogP contribution in [0.4, 0.5) is 5.69 Å². The Hall–Kier alpha value is -1.31. The second-order valence-electron chi connectivity index (χ2n) is 3.86. The van der Waals surface area contributed by atoms with Crippen molar-refractivity contribution in [2.24, 2.45) is 0 Å². The van der Waals surface area contributed by atoms with Crippen molar-refractivity contribution in [2.75, 3.05) is 19.0 Å². The van der Waals surface area contributed by atoms with Crippen LogP contribution in [0.3, 0.4) is 0 Å². The number of rotatable bonds is 8. The highest BCUT2D eigenvalue weighted by Crippen LogP contribution is 2.37.